The third-order valence-electron chi connectivity index (χ3n) is 6.17. The summed E-state index contributed by atoms with van der Waals surface area (Å²) in [6.07, 6.45) is 5.31. The predicted molar refractivity (Wildman–Crippen MR) is 113 cm³/mol. The Morgan fingerprint density at radius 3 is 2.75 bits per heavy atom. The molecule has 1 aromatic heterocycles. The number of amides is 1. The SMILES string of the molecule is Cc1ccccc1CCN1CCCC(CN(C)C(=O)Cn2cnc(C)c2C)C1. The quantitative estimate of drug-likeness (QED) is 0.738. The molecule has 0 radical (unpaired) electrons. The van der Waals surface area contributed by atoms with Gasteiger partial charge in [-0.15, -0.1) is 0 Å². The predicted octanol–water partition coefficient (Wildman–Crippen LogP) is 3.22. The van der Waals surface area contributed by atoms with Gasteiger partial charge in [-0.05, 0) is 63.6 Å². The van der Waals surface area contributed by atoms with Crippen LogP contribution in [-0.2, 0) is 17.8 Å². The van der Waals surface area contributed by atoms with Crippen LogP contribution in [0.25, 0.3) is 0 Å². The highest BCUT2D eigenvalue weighted by molar-refractivity contribution is 5.75. The molecule has 1 amide bonds. The number of nitrogens with zero attached hydrogens (tertiary/aromatic N) is 4. The van der Waals surface area contributed by atoms with Crippen molar-refractivity contribution in [3.8, 4) is 0 Å². The van der Waals surface area contributed by atoms with Crippen LogP contribution in [0.4, 0.5) is 0 Å². The number of likely N-dealkylation sites (tertiary alicyclic amines) is 1. The number of carbonyl (C=O) groups excluding carboxylic acids is 1. The maximum atomic E-state index is 12.6. The van der Waals surface area contributed by atoms with Crippen molar-refractivity contribution in [2.24, 2.45) is 5.92 Å². The minimum absolute atomic E-state index is 0.164. The van der Waals surface area contributed by atoms with Crippen molar-refractivity contribution in [2.75, 3.05) is 33.2 Å². The maximum absolute atomic E-state index is 12.6. The summed E-state index contributed by atoms with van der Waals surface area (Å²) in [4.78, 5) is 21.4. The van der Waals surface area contributed by atoms with E-state index in [-0.39, 0.29) is 5.91 Å². The average Bonchev–Trinajstić information content (AvgIpc) is 2.99. The number of rotatable bonds is 7. The van der Waals surface area contributed by atoms with Crippen molar-refractivity contribution in [3.05, 3.63) is 53.1 Å². The Morgan fingerprint density at radius 1 is 1.25 bits per heavy atom. The molecule has 5 heteroatoms. The molecule has 152 valence electrons. The van der Waals surface area contributed by atoms with E-state index in [1.807, 2.05) is 30.4 Å². The Morgan fingerprint density at radius 2 is 2.04 bits per heavy atom. The number of imidazole rings is 1. The Bertz CT molecular complexity index is 798. The highest BCUT2D eigenvalue weighted by atomic mass is 16.2. The summed E-state index contributed by atoms with van der Waals surface area (Å²) in [6.45, 7) is 10.8. The molecule has 1 fully saturated rings. The van der Waals surface area contributed by atoms with E-state index in [4.69, 9.17) is 0 Å². The van der Waals surface area contributed by atoms with Gasteiger partial charge in [-0.2, -0.15) is 0 Å². The van der Waals surface area contributed by atoms with Gasteiger partial charge in [-0.1, -0.05) is 24.3 Å². The summed E-state index contributed by atoms with van der Waals surface area (Å²) in [5.41, 5.74) is 4.89. The highest BCUT2D eigenvalue weighted by Gasteiger charge is 2.23. The van der Waals surface area contributed by atoms with Crippen molar-refractivity contribution < 1.29 is 4.79 Å². The molecule has 28 heavy (non-hydrogen) atoms. The summed E-state index contributed by atoms with van der Waals surface area (Å²) in [6, 6.07) is 8.67. The molecule has 1 atom stereocenters. The molecular weight excluding hydrogens is 348 g/mol. The zero-order chi connectivity index (χ0) is 20.1. The first kappa shape index (κ1) is 20.6. The highest BCUT2D eigenvalue weighted by Crippen LogP contribution is 2.19. The first-order chi connectivity index (χ1) is 13.4. The van der Waals surface area contributed by atoms with Gasteiger partial charge in [0, 0.05) is 32.4 Å². The van der Waals surface area contributed by atoms with Gasteiger partial charge in [-0.3, -0.25) is 4.79 Å². The number of aryl methyl sites for hydroxylation is 2. The zero-order valence-electron chi connectivity index (χ0n) is 17.8. The van der Waals surface area contributed by atoms with Crippen LogP contribution >= 0.6 is 0 Å². The van der Waals surface area contributed by atoms with Crippen molar-refractivity contribution in [1.29, 1.82) is 0 Å². The Kier molecular flexibility index (Phi) is 6.89. The standard InChI is InChI=1S/C23H34N4O/c1-18-8-5-6-10-22(18)11-13-26-12-7-9-21(15-26)14-25(4)23(28)16-27-17-24-19(2)20(27)3/h5-6,8,10,17,21H,7,9,11-16H2,1-4H3. The Hall–Kier alpha value is -2.14. The van der Waals surface area contributed by atoms with Crippen LogP contribution < -0.4 is 0 Å². The average molecular weight is 383 g/mol. The minimum atomic E-state index is 0.164. The second-order valence-electron chi connectivity index (χ2n) is 8.30. The smallest absolute Gasteiger partial charge is 0.242 e. The fraction of sp³-hybridized carbons (Fsp3) is 0.565. The van der Waals surface area contributed by atoms with Crippen LogP contribution in [-0.4, -0.2) is 58.5 Å². The van der Waals surface area contributed by atoms with Crippen LogP contribution in [0, 0.1) is 26.7 Å². The van der Waals surface area contributed by atoms with E-state index in [1.54, 1.807) is 6.33 Å². The molecule has 5 nitrogen and oxygen atoms in total. The van der Waals surface area contributed by atoms with E-state index in [1.165, 1.54) is 30.5 Å². The van der Waals surface area contributed by atoms with Gasteiger partial charge in [0.05, 0.1) is 12.0 Å². The third kappa shape index (κ3) is 5.22. The lowest BCUT2D eigenvalue weighted by Gasteiger charge is -2.35. The van der Waals surface area contributed by atoms with Crippen molar-refractivity contribution >= 4 is 5.91 Å². The van der Waals surface area contributed by atoms with Gasteiger partial charge in [0.25, 0.3) is 0 Å². The molecule has 1 saturated heterocycles. The molecule has 1 aliphatic rings. The van der Waals surface area contributed by atoms with E-state index in [0.717, 1.165) is 37.4 Å². The maximum Gasteiger partial charge on any atom is 0.242 e. The fourth-order valence-electron chi connectivity index (χ4n) is 4.13. The van der Waals surface area contributed by atoms with Crippen molar-refractivity contribution in [2.45, 2.75) is 46.6 Å². The number of piperidine rings is 1. The second kappa shape index (κ2) is 9.37. The van der Waals surface area contributed by atoms with Crippen molar-refractivity contribution in [3.63, 3.8) is 0 Å². The molecule has 3 rings (SSSR count). The Labute approximate surface area is 169 Å². The first-order valence-corrected chi connectivity index (χ1v) is 10.4. The lowest BCUT2D eigenvalue weighted by atomic mass is 9.96. The van der Waals surface area contributed by atoms with Gasteiger partial charge in [0.1, 0.15) is 6.54 Å². The summed E-state index contributed by atoms with van der Waals surface area (Å²) in [5, 5.41) is 0. The molecule has 2 aromatic rings. The largest absolute Gasteiger partial charge is 0.344 e. The van der Waals surface area contributed by atoms with Crippen molar-refractivity contribution in [1.82, 2.24) is 19.4 Å². The number of aromatic nitrogens is 2. The topological polar surface area (TPSA) is 41.4 Å². The molecular formula is C23H34N4O. The number of carbonyl (C=O) groups is 1. The molecule has 0 saturated carbocycles. The van der Waals surface area contributed by atoms with E-state index < -0.39 is 0 Å². The van der Waals surface area contributed by atoms with Crippen LogP contribution in [0.5, 0.6) is 0 Å². The number of benzene rings is 1. The minimum Gasteiger partial charge on any atom is -0.344 e. The molecule has 1 unspecified atom stereocenters. The van der Waals surface area contributed by atoms with Crippen LogP contribution in [0.2, 0.25) is 0 Å². The van der Waals surface area contributed by atoms with Gasteiger partial charge in [-0.25, -0.2) is 4.98 Å². The summed E-state index contributed by atoms with van der Waals surface area (Å²) in [5.74, 6) is 0.725. The molecule has 0 N–H and O–H groups in total. The van der Waals surface area contributed by atoms with Gasteiger partial charge in [0.2, 0.25) is 5.91 Å². The molecule has 2 heterocycles. The monoisotopic (exact) mass is 382 g/mol. The van der Waals surface area contributed by atoms with E-state index in [2.05, 4.69) is 41.1 Å². The molecule has 0 bridgehead atoms. The summed E-state index contributed by atoms with van der Waals surface area (Å²) >= 11 is 0. The molecule has 1 aliphatic heterocycles. The first-order valence-electron chi connectivity index (χ1n) is 10.4. The Balaban J connectivity index is 1.48. The van der Waals surface area contributed by atoms with E-state index >= 15 is 0 Å². The molecule has 1 aromatic carbocycles. The lowest BCUT2D eigenvalue weighted by molar-refractivity contribution is -0.131. The summed E-state index contributed by atoms with van der Waals surface area (Å²) < 4.78 is 1.95. The number of hydrogen-bond donors (Lipinski definition) is 0. The van der Waals surface area contributed by atoms with Crippen LogP contribution in [0.1, 0.15) is 35.4 Å². The van der Waals surface area contributed by atoms with Crippen LogP contribution in [0.15, 0.2) is 30.6 Å². The van der Waals surface area contributed by atoms with E-state index in [9.17, 15) is 4.79 Å². The normalized spacial score (nSPS) is 17.6. The van der Waals surface area contributed by atoms with Gasteiger partial charge in [0.15, 0.2) is 0 Å². The second-order valence-corrected chi connectivity index (χ2v) is 8.30. The van der Waals surface area contributed by atoms with E-state index in [0.29, 0.717) is 12.5 Å². The van der Waals surface area contributed by atoms with Gasteiger partial charge < -0.3 is 14.4 Å². The lowest BCUT2D eigenvalue weighted by Crippen LogP contribution is -2.43. The van der Waals surface area contributed by atoms with Gasteiger partial charge >= 0.3 is 0 Å². The van der Waals surface area contributed by atoms with Crippen LogP contribution in [0.3, 0.4) is 0 Å². The fourth-order valence-corrected chi connectivity index (χ4v) is 4.13. The number of likely N-dealkylation sites (N-methyl/N-ethyl adjacent to an activating group) is 1. The third-order valence-corrected chi connectivity index (χ3v) is 6.17. The number of hydrogen-bond acceptors (Lipinski definition) is 3. The summed E-state index contributed by atoms with van der Waals surface area (Å²) in [7, 11) is 1.94. The molecule has 0 spiro atoms. The zero-order valence-corrected chi connectivity index (χ0v) is 17.8. The molecule has 0 aliphatic carbocycles.